The van der Waals surface area contributed by atoms with Crippen LogP contribution in [0.4, 0.5) is 0 Å². The van der Waals surface area contributed by atoms with Gasteiger partial charge in [-0.05, 0) is 12.8 Å². The molecule has 0 aliphatic carbocycles. The molecule has 1 unspecified atom stereocenters. The lowest BCUT2D eigenvalue weighted by Gasteiger charge is -2.11. The molecule has 0 aliphatic heterocycles. The van der Waals surface area contributed by atoms with Crippen molar-refractivity contribution >= 4 is 0 Å². The van der Waals surface area contributed by atoms with Crippen molar-refractivity contribution in [3.8, 4) is 0 Å². The highest BCUT2D eigenvalue weighted by Crippen LogP contribution is 1.94. The van der Waals surface area contributed by atoms with Crippen LogP contribution in [0.25, 0.3) is 0 Å². The van der Waals surface area contributed by atoms with Crippen molar-refractivity contribution in [2.24, 2.45) is 5.84 Å². The molecule has 9 heavy (non-hydrogen) atoms. The van der Waals surface area contributed by atoms with Crippen molar-refractivity contribution in [1.82, 2.24) is 5.43 Å². The second kappa shape index (κ2) is 6.01. The summed E-state index contributed by atoms with van der Waals surface area (Å²) in [6, 6.07) is 0.407. The number of hydrogen-bond donors (Lipinski definition) is 2. The Balaban J connectivity index is 3.09. The predicted molar refractivity (Wildman–Crippen MR) is 37.9 cm³/mol. The van der Waals surface area contributed by atoms with Gasteiger partial charge in [0, 0.05) is 19.8 Å². The second-order valence-electron chi connectivity index (χ2n) is 2.05. The van der Waals surface area contributed by atoms with Gasteiger partial charge in [-0.2, -0.15) is 0 Å². The van der Waals surface area contributed by atoms with Crippen molar-refractivity contribution in [1.29, 1.82) is 0 Å². The Hall–Kier alpha value is -0.120. The average molecular weight is 132 g/mol. The first-order valence-electron chi connectivity index (χ1n) is 3.30. The summed E-state index contributed by atoms with van der Waals surface area (Å²) in [7, 11) is 1.70. The molecule has 3 nitrogen and oxygen atoms in total. The van der Waals surface area contributed by atoms with Gasteiger partial charge in [-0.25, -0.2) is 0 Å². The minimum Gasteiger partial charge on any atom is -0.385 e. The molecule has 0 spiro atoms. The monoisotopic (exact) mass is 132 g/mol. The van der Waals surface area contributed by atoms with Gasteiger partial charge in [-0.3, -0.25) is 11.3 Å². The van der Waals surface area contributed by atoms with Gasteiger partial charge in [0.1, 0.15) is 0 Å². The molecular formula is C6H16N2O. The topological polar surface area (TPSA) is 47.3 Å². The van der Waals surface area contributed by atoms with Crippen LogP contribution in [0.15, 0.2) is 0 Å². The quantitative estimate of drug-likeness (QED) is 0.417. The van der Waals surface area contributed by atoms with Crippen LogP contribution >= 0.6 is 0 Å². The van der Waals surface area contributed by atoms with E-state index in [1.807, 2.05) is 0 Å². The Kier molecular flexibility index (Phi) is 5.93. The summed E-state index contributed by atoms with van der Waals surface area (Å²) in [6.45, 7) is 2.88. The molecule has 0 rings (SSSR count). The Labute approximate surface area is 56.5 Å². The number of ether oxygens (including phenoxy) is 1. The molecule has 0 aromatic carbocycles. The standard InChI is InChI=1S/C6H16N2O/c1-3-6(8-7)4-5-9-2/h6,8H,3-5,7H2,1-2H3. The molecular weight excluding hydrogens is 116 g/mol. The molecule has 0 saturated carbocycles. The zero-order valence-electron chi connectivity index (χ0n) is 6.18. The fraction of sp³-hybridized carbons (Fsp3) is 1.00. The van der Waals surface area contributed by atoms with Crippen molar-refractivity contribution in [3.05, 3.63) is 0 Å². The van der Waals surface area contributed by atoms with Crippen LogP contribution in [0.5, 0.6) is 0 Å². The number of rotatable bonds is 5. The second-order valence-corrected chi connectivity index (χ2v) is 2.05. The Morgan fingerprint density at radius 3 is 2.67 bits per heavy atom. The van der Waals surface area contributed by atoms with E-state index in [2.05, 4.69) is 12.3 Å². The lowest BCUT2D eigenvalue weighted by atomic mass is 10.2. The Morgan fingerprint density at radius 2 is 2.33 bits per heavy atom. The van der Waals surface area contributed by atoms with E-state index < -0.39 is 0 Å². The van der Waals surface area contributed by atoms with Crippen LogP contribution in [0, 0.1) is 0 Å². The Bertz CT molecular complexity index is 55.0. The summed E-state index contributed by atoms with van der Waals surface area (Å²) < 4.78 is 4.88. The maximum absolute atomic E-state index is 5.22. The molecule has 0 saturated heterocycles. The van der Waals surface area contributed by atoms with Crippen molar-refractivity contribution in [2.45, 2.75) is 25.8 Å². The third-order valence-corrected chi connectivity index (χ3v) is 1.40. The van der Waals surface area contributed by atoms with Gasteiger partial charge in [0.15, 0.2) is 0 Å². The fourth-order valence-corrected chi connectivity index (χ4v) is 0.665. The fourth-order valence-electron chi connectivity index (χ4n) is 0.665. The van der Waals surface area contributed by atoms with E-state index in [0.717, 1.165) is 19.4 Å². The lowest BCUT2D eigenvalue weighted by Crippen LogP contribution is -2.35. The van der Waals surface area contributed by atoms with E-state index in [1.165, 1.54) is 0 Å². The van der Waals surface area contributed by atoms with E-state index in [9.17, 15) is 0 Å². The summed E-state index contributed by atoms with van der Waals surface area (Å²) >= 11 is 0. The largest absolute Gasteiger partial charge is 0.385 e. The number of methoxy groups -OCH3 is 1. The van der Waals surface area contributed by atoms with Gasteiger partial charge < -0.3 is 4.74 Å². The zero-order valence-corrected chi connectivity index (χ0v) is 6.18. The Morgan fingerprint density at radius 1 is 1.67 bits per heavy atom. The number of nitrogens with two attached hydrogens (primary N) is 1. The van der Waals surface area contributed by atoms with Gasteiger partial charge in [-0.1, -0.05) is 6.92 Å². The first-order chi connectivity index (χ1) is 4.35. The minimum absolute atomic E-state index is 0.407. The maximum Gasteiger partial charge on any atom is 0.0477 e. The van der Waals surface area contributed by atoms with Gasteiger partial charge >= 0.3 is 0 Å². The molecule has 56 valence electrons. The van der Waals surface area contributed by atoms with E-state index in [1.54, 1.807) is 7.11 Å². The summed E-state index contributed by atoms with van der Waals surface area (Å²) in [5.41, 5.74) is 2.71. The van der Waals surface area contributed by atoms with Crippen LogP contribution < -0.4 is 11.3 Å². The van der Waals surface area contributed by atoms with Crippen LogP contribution in [0.2, 0.25) is 0 Å². The van der Waals surface area contributed by atoms with Crippen LogP contribution in [-0.4, -0.2) is 19.8 Å². The normalized spacial score (nSPS) is 13.7. The highest BCUT2D eigenvalue weighted by Gasteiger charge is 2.00. The summed E-state index contributed by atoms with van der Waals surface area (Å²) in [5, 5.41) is 0. The minimum atomic E-state index is 0.407. The average Bonchev–Trinajstić information content (AvgIpc) is 1.91. The smallest absolute Gasteiger partial charge is 0.0477 e. The molecule has 3 N–H and O–H groups in total. The van der Waals surface area contributed by atoms with Crippen molar-refractivity contribution in [2.75, 3.05) is 13.7 Å². The molecule has 0 radical (unpaired) electrons. The van der Waals surface area contributed by atoms with Gasteiger partial charge in [-0.15, -0.1) is 0 Å². The lowest BCUT2D eigenvalue weighted by molar-refractivity contribution is 0.182. The van der Waals surface area contributed by atoms with Gasteiger partial charge in [0.05, 0.1) is 0 Å². The molecule has 1 atom stereocenters. The zero-order chi connectivity index (χ0) is 7.11. The van der Waals surface area contributed by atoms with E-state index in [-0.39, 0.29) is 0 Å². The highest BCUT2D eigenvalue weighted by atomic mass is 16.5. The summed E-state index contributed by atoms with van der Waals surface area (Å²) in [4.78, 5) is 0. The van der Waals surface area contributed by atoms with Crippen LogP contribution in [0.1, 0.15) is 19.8 Å². The highest BCUT2D eigenvalue weighted by molar-refractivity contribution is 4.58. The van der Waals surface area contributed by atoms with E-state index >= 15 is 0 Å². The summed E-state index contributed by atoms with van der Waals surface area (Å²) in [5.74, 6) is 5.22. The molecule has 0 aromatic rings. The third-order valence-electron chi connectivity index (χ3n) is 1.40. The SMILES string of the molecule is CCC(CCOC)NN. The first kappa shape index (κ1) is 8.88. The molecule has 3 heteroatoms. The number of hydrogen-bond acceptors (Lipinski definition) is 3. The predicted octanol–water partition coefficient (Wildman–Crippen LogP) is 0.265. The van der Waals surface area contributed by atoms with Crippen LogP contribution in [0.3, 0.4) is 0 Å². The van der Waals surface area contributed by atoms with Crippen molar-refractivity contribution < 1.29 is 4.74 Å². The third kappa shape index (κ3) is 4.39. The summed E-state index contributed by atoms with van der Waals surface area (Å²) in [6.07, 6.45) is 2.04. The first-order valence-corrected chi connectivity index (χ1v) is 3.30. The van der Waals surface area contributed by atoms with Gasteiger partial charge in [0.2, 0.25) is 0 Å². The molecule has 0 fully saturated rings. The molecule has 0 bridgehead atoms. The number of nitrogens with one attached hydrogen (secondary N) is 1. The van der Waals surface area contributed by atoms with Crippen molar-refractivity contribution in [3.63, 3.8) is 0 Å². The molecule has 0 amide bonds. The van der Waals surface area contributed by atoms with E-state index in [0.29, 0.717) is 6.04 Å². The van der Waals surface area contributed by atoms with Crippen LogP contribution in [-0.2, 0) is 4.74 Å². The maximum atomic E-state index is 5.22. The molecule has 0 heterocycles. The molecule has 0 aromatic heterocycles. The van der Waals surface area contributed by atoms with E-state index in [4.69, 9.17) is 10.6 Å². The molecule has 0 aliphatic rings. The number of hydrazine groups is 1. The van der Waals surface area contributed by atoms with Gasteiger partial charge in [0.25, 0.3) is 0 Å².